The molecular weight excluding hydrogens is 266 g/mol. The Morgan fingerprint density at radius 1 is 1.44 bits per heavy atom. The lowest BCUT2D eigenvalue weighted by molar-refractivity contribution is 0.197. The molecule has 0 heterocycles. The minimum absolute atomic E-state index is 0.478. The van der Waals surface area contributed by atoms with Crippen molar-refractivity contribution in [3.63, 3.8) is 0 Å². The molecule has 0 fully saturated rings. The minimum Gasteiger partial charge on any atom is -0.473 e. The first-order valence-electron chi connectivity index (χ1n) is 4.83. The second kappa shape index (κ2) is 6.28. The van der Waals surface area contributed by atoms with Crippen molar-refractivity contribution in [3.8, 4) is 0 Å². The average molecular weight is 280 g/mol. The van der Waals surface area contributed by atoms with Crippen LogP contribution in [0.1, 0.15) is 12.5 Å². The zero-order chi connectivity index (χ0) is 12.0. The number of allylic oxidation sites excluding steroid dienone is 2. The molecule has 0 spiro atoms. The van der Waals surface area contributed by atoms with Crippen molar-refractivity contribution in [1.82, 2.24) is 0 Å². The third-order valence-electron chi connectivity index (χ3n) is 1.83. The quantitative estimate of drug-likeness (QED) is 0.452. The second-order valence-corrected chi connectivity index (χ2v) is 4.32. The summed E-state index contributed by atoms with van der Waals surface area (Å²) in [5, 5.41) is 0. The minimum atomic E-state index is 0.478. The van der Waals surface area contributed by atoms with E-state index in [9.17, 15) is 0 Å². The van der Waals surface area contributed by atoms with Crippen LogP contribution in [0.25, 0.3) is 0 Å². The van der Waals surface area contributed by atoms with Gasteiger partial charge in [-0.05, 0) is 31.3 Å². The van der Waals surface area contributed by atoms with Crippen molar-refractivity contribution in [2.24, 2.45) is 4.99 Å². The van der Waals surface area contributed by atoms with Crippen molar-refractivity contribution in [2.45, 2.75) is 13.5 Å². The Hall–Kier alpha value is -1.35. The molecule has 84 valence electrons. The summed E-state index contributed by atoms with van der Waals surface area (Å²) in [6, 6.07) is 7.93. The highest BCUT2D eigenvalue weighted by atomic mass is 79.9. The number of nitrogens with zero attached hydrogens (tertiary/aromatic N) is 1. The standard InChI is InChI=1S/C13H14BrNO/c1-10(2)8-13(15-3)16-9-11-4-6-12(14)7-5-11/h4-8H,1,3,9H2,2H3/b13-8+. The molecule has 2 nitrogen and oxygen atoms in total. The molecule has 0 aliphatic rings. The molecule has 0 aromatic heterocycles. The van der Waals surface area contributed by atoms with Crippen LogP contribution < -0.4 is 0 Å². The first-order valence-corrected chi connectivity index (χ1v) is 5.62. The maximum absolute atomic E-state index is 5.48. The Kier molecular flexibility index (Phi) is 4.99. The number of halogens is 1. The number of rotatable bonds is 5. The summed E-state index contributed by atoms with van der Waals surface area (Å²) < 4.78 is 6.54. The van der Waals surface area contributed by atoms with Crippen LogP contribution >= 0.6 is 15.9 Å². The van der Waals surface area contributed by atoms with Gasteiger partial charge in [-0.2, -0.15) is 0 Å². The predicted molar refractivity (Wildman–Crippen MR) is 71.4 cm³/mol. The van der Waals surface area contributed by atoms with Crippen LogP contribution in [0.2, 0.25) is 0 Å². The van der Waals surface area contributed by atoms with E-state index >= 15 is 0 Å². The maximum atomic E-state index is 5.48. The lowest BCUT2D eigenvalue weighted by Gasteiger charge is -2.06. The molecule has 1 aromatic carbocycles. The molecule has 0 aliphatic heterocycles. The van der Waals surface area contributed by atoms with Crippen LogP contribution in [-0.2, 0) is 11.3 Å². The first-order chi connectivity index (χ1) is 7.61. The van der Waals surface area contributed by atoms with Crippen molar-refractivity contribution in [2.75, 3.05) is 0 Å². The van der Waals surface area contributed by atoms with E-state index < -0.39 is 0 Å². The van der Waals surface area contributed by atoms with E-state index in [1.54, 1.807) is 6.08 Å². The van der Waals surface area contributed by atoms with Crippen molar-refractivity contribution in [1.29, 1.82) is 0 Å². The molecule has 1 aromatic rings. The van der Waals surface area contributed by atoms with Gasteiger partial charge < -0.3 is 4.74 Å². The molecule has 0 N–H and O–H groups in total. The molecule has 0 saturated heterocycles. The summed E-state index contributed by atoms with van der Waals surface area (Å²) in [6.45, 7) is 9.57. The van der Waals surface area contributed by atoms with Gasteiger partial charge >= 0.3 is 0 Å². The summed E-state index contributed by atoms with van der Waals surface area (Å²) in [7, 11) is 0. The molecule has 0 unspecified atom stereocenters. The summed E-state index contributed by atoms with van der Waals surface area (Å²) in [5.41, 5.74) is 1.97. The largest absolute Gasteiger partial charge is 0.473 e. The third-order valence-corrected chi connectivity index (χ3v) is 2.35. The molecule has 0 aliphatic carbocycles. The van der Waals surface area contributed by atoms with Gasteiger partial charge in [-0.1, -0.05) is 40.2 Å². The number of hydrogen-bond donors (Lipinski definition) is 0. The van der Waals surface area contributed by atoms with Gasteiger partial charge in [0.15, 0.2) is 0 Å². The monoisotopic (exact) mass is 279 g/mol. The lowest BCUT2D eigenvalue weighted by Crippen LogP contribution is -1.92. The number of aliphatic imine (C=N–C) groups is 1. The van der Waals surface area contributed by atoms with E-state index in [0.29, 0.717) is 12.5 Å². The van der Waals surface area contributed by atoms with Gasteiger partial charge in [0, 0.05) is 10.5 Å². The van der Waals surface area contributed by atoms with Gasteiger partial charge in [-0.15, -0.1) is 0 Å². The summed E-state index contributed by atoms with van der Waals surface area (Å²) in [6.07, 6.45) is 1.76. The molecule has 0 atom stereocenters. The second-order valence-electron chi connectivity index (χ2n) is 3.40. The highest BCUT2D eigenvalue weighted by Gasteiger charge is 1.97. The molecule has 0 amide bonds. The van der Waals surface area contributed by atoms with Gasteiger partial charge in [-0.25, -0.2) is 4.99 Å². The van der Waals surface area contributed by atoms with Crippen LogP contribution in [0.15, 0.2) is 57.8 Å². The Morgan fingerprint density at radius 3 is 2.56 bits per heavy atom. The number of ether oxygens (including phenoxy) is 1. The predicted octanol–water partition coefficient (Wildman–Crippen LogP) is 4.08. The Balaban J connectivity index is 2.59. The highest BCUT2D eigenvalue weighted by molar-refractivity contribution is 9.10. The van der Waals surface area contributed by atoms with Crippen LogP contribution in [0, 0.1) is 0 Å². The van der Waals surface area contributed by atoms with Crippen molar-refractivity contribution in [3.05, 3.63) is 58.4 Å². The van der Waals surface area contributed by atoms with Gasteiger partial charge in [0.05, 0.1) is 0 Å². The fraction of sp³-hybridized carbons (Fsp3) is 0.154. The molecule has 0 bridgehead atoms. The molecule has 0 saturated carbocycles. The fourth-order valence-electron chi connectivity index (χ4n) is 1.08. The smallest absolute Gasteiger partial charge is 0.213 e. The van der Waals surface area contributed by atoms with Gasteiger partial charge in [0.2, 0.25) is 5.88 Å². The van der Waals surface area contributed by atoms with Crippen LogP contribution in [0.5, 0.6) is 0 Å². The molecule has 16 heavy (non-hydrogen) atoms. The first kappa shape index (κ1) is 12.7. The summed E-state index contributed by atoms with van der Waals surface area (Å²) >= 11 is 3.38. The molecule has 3 heteroatoms. The van der Waals surface area contributed by atoms with E-state index in [-0.39, 0.29) is 0 Å². The van der Waals surface area contributed by atoms with E-state index in [0.717, 1.165) is 15.6 Å². The normalized spacial score (nSPS) is 11.0. The van der Waals surface area contributed by atoms with Gasteiger partial charge in [0.1, 0.15) is 6.61 Å². The SMILES string of the molecule is C=N/C(=C\C(=C)C)OCc1ccc(Br)cc1. The highest BCUT2D eigenvalue weighted by Crippen LogP contribution is 2.13. The van der Waals surface area contributed by atoms with Gasteiger partial charge in [-0.3, -0.25) is 0 Å². The zero-order valence-electron chi connectivity index (χ0n) is 9.24. The van der Waals surface area contributed by atoms with E-state index in [2.05, 4.69) is 34.2 Å². The van der Waals surface area contributed by atoms with Crippen LogP contribution in [0.4, 0.5) is 0 Å². The summed E-state index contributed by atoms with van der Waals surface area (Å²) in [4.78, 5) is 3.78. The number of hydrogen-bond acceptors (Lipinski definition) is 2. The van der Waals surface area contributed by atoms with Crippen molar-refractivity contribution < 1.29 is 4.74 Å². The maximum Gasteiger partial charge on any atom is 0.213 e. The van der Waals surface area contributed by atoms with E-state index in [4.69, 9.17) is 4.74 Å². The average Bonchev–Trinajstić information content (AvgIpc) is 2.26. The Bertz CT molecular complexity index is 406. The van der Waals surface area contributed by atoms with Gasteiger partial charge in [0.25, 0.3) is 0 Å². The summed E-state index contributed by atoms with van der Waals surface area (Å²) in [5.74, 6) is 0.496. The lowest BCUT2D eigenvalue weighted by atomic mass is 10.2. The topological polar surface area (TPSA) is 21.6 Å². The Morgan fingerprint density at radius 2 is 2.06 bits per heavy atom. The van der Waals surface area contributed by atoms with Crippen LogP contribution in [0.3, 0.4) is 0 Å². The third kappa shape index (κ3) is 4.45. The fourth-order valence-corrected chi connectivity index (χ4v) is 1.35. The molecular formula is C13H14BrNO. The van der Waals surface area contributed by atoms with Crippen molar-refractivity contribution >= 4 is 22.6 Å². The molecule has 1 rings (SSSR count). The number of benzene rings is 1. The van der Waals surface area contributed by atoms with Crippen LogP contribution in [-0.4, -0.2) is 6.72 Å². The van der Waals surface area contributed by atoms with E-state index in [1.807, 2.05) is 31.2 Å². The molecule has 0 radical (unpaired) electrons. The Labute approximate surface area is 104 Å². The zero-order valence-corrected chi connectivity index (χ0v) is 10.8. The van der Waals surface area contributed by atoms with E-state index in [1.165, 1.54) is 0 Å².